The van der Waals surface area contributed by atoms with Crippen molar-refractivity contribution in [3.8, 4) is 5.69 Å². The first kappa shape index (κ1) is 45.7. The molecule has 1 saturated heterocycles. The van der Waals surface area contributed by atoms with Crippen LogP contribution in [0.15, 0.2) is 221 Å². The Hall–Kier alpha value is -7.42. The number of fused-ring (bicyclic) bond motifs is 12. The van der Waals surface area contributed by atoms with Crippen LogP contribution in [0.2, 0.25) is 0 Å². The van der Waals surface area contributed by atoms with Gasteiger partial charge in [-0.1, -0.05) is 158 Å². The molecule has 2 aliphatic heterocycles. The van der Waals surface area contributed by atoms with E-state index in [0.717, 1.165) is 32.1 Å². The molecule has 1 N–H and O–H groups in total. The summed E-state index contributed by atoms with van der Waals surface area (Å²) >= 11 is 4.08. The van der Waals surface area contributed by atoms with Crippen molar-refractivity contribution < 1.29 is 0 Å². The van der Waals surface area contributed by atoms with Gasteiger partial charge >= 0.3 is 0 Å². The fraction of sp³-hybridized carbons (Fsp3) is 0.214. The monoisotopic (exact) mass is 1030 g/mol. The lowest BCUT2D eigenvalue weighted by atomic mass is 9.70. The van der Waals surface area contributed by atoms with Crippen molar-refractivity contribution >= 4 is 99.2 Å². The molecule has 7 atom stereocenters. The summed E-state index contributed by atoms with van der Waals surface area (Å²) in [6.07, 6.45) is 35.1. The van der Waals surface area contributed by atoms with Gasteiger partial charge in [0.15, 0.2) is 0 Å². The highest BCUT2D eigenvalue weighted by atomic mass is 32.2. The SMILES string of the molecule is CN1C(C2C=C(c3cccc4c3sc3cc5c(cc34)c3ccccc3n5C3=CCCC=C3)C=CC2C2C=CC=C3C2SC2=Cc4c(c5ccccc5n4-c4ccccc4)C[C@@H]23)=NC(c2ccccc2)N[C@H]1C1=CCCCC1. The summed E-state index contributed by atoms with van der Waals surface area (Å²) < 4.78 is 7.67. The van der Waals surface area contributed by atoms with Gasteiger partial charge in [-0.15, -0.1) is 23.1 Å². The van der Waals surface area contributed by atoms with Gasteiger partial charge in [-0.3, -0.25) is 5.32 Å². The van der Waals surface area contributed by atoms with E-state index in [1.54, 1.807) is 5.57 Å². The molecule has 1 fully saturated rings. The smallest absolute Gasteiger partial charge is 0.129 e. The number of benzene rings is 6. The maximum Gasteiger partial charge on any atom is 0.129 e. The van der Waals surface area contributed by atoms with E-state index in [2.05, 4.69) is 245 Å². The Balaban J connectivity index is 0.832. The zero-order valence-electron chi connectivity index (χ0n) is 43.2. The number of aromatic nitrogens is 2. The van der Waals surface area contributed by atoms with Gasteiger partial charge < -0.3 is 14.0 Å². The number of thioether (sulfide) groups is 1. The number of nitrogens with zero attached hydrogens (tertiary/aromatic N) is 4. The van der Waals surface area contributed by atoms with E-state index >= 15 is 0 Å². The van der Waals surface area contributed by atoms with Crippen molar-refractivity contribution in [2.45, 2.75) is 62.5 Å². The minimum Gasteiger partial charge on any atom is -0.343 e. The maximum atomic E-state index is 5.87. The summed E-state index contributed by atoms with van der Waals surface area (Å²) in [5.41, 5.74) is 16.0. The lowest BCUT2D eigenvalue weighted by Gasteiger charge is -2.45. The van der Waals surface area contributed by atoms with Crippen molar-refractivity contribution in [2.24, 2.45) is 28.7 Å². The van der Waals surface area contributed by atoms with Crippen molar-refractivity contribution in [1.82, 2.24) is 19.4 Å². The Morgan fingerprint density at radius 2 is 1.48 bits per heavy atom. The molecule has 16 rings (SSSR count). The number of thiophene rings is 1. The molecule has 376 valence electrons. The molecule has 0 spiro atoms. The van der Waals surface area contributed by atoms with E-state index < -0.39 is 0 Å². The van der Waals surface area contributed by atoms with Crippen molar-refractivity contribution in [3.05, 3.63) is 239 Å². The number of likely N-dealkylation sites (N-methyl/N-ethyl adjacent to an activating group) is 1. The number of hydrogen-bond donors (Lipinski definition) is 1. The third-order valence-electron chi connectivity index (χ3n) is 18.0. The molecule has 0 bridgehead atoms. The van der Waals surface area contributed by atoms with Crippen LogP contribution in [0, 0.1) is 23.7 Å². The van der Waals surface area contributed by atoms with Crippen LogP contribution in [0.25, 0.3) is 75.9 Å². The summed E-state index contributed by atoms with van der Waals surface area (Å²) in [6, 6.07) is 51.9. The molecule has 77 heavy (non-hydrogen) atoms. The Bertz CT molecular complexity index is 4200. The number of hydrogen-bond acceptors (Lipinski definition) is 5. The van der Waals surface area contributed by atoms with Gasteiger partial charge in [0.25, 0.3) is 0 Å². The lowest BCUT2D eigenvalue weighted by Crippen LogP contribution is -2.55. The second kappa shape index (κ2) is 18.4. The third kappa shape index (κ3) is 7.34. The second-order valence-corrected chi connectivity index (χ2v) is 24.5. The van der Waals surface area contributed by atoms with E-state index in [9.17, 15) is 0 Å². The Morgan fingerprint density at radius 1 is 0.675 bits per heavy atom. The second-order valence-electron chi connectivity index (χ2n) is 22.2. The average Bonchev–Trinajstić information content (AvgIpc) is 4.32. The fourth-order valence-electron chi connectivity index (χ4n) is 14.4. The maximum absolute atomic E-state index is 5.87. The molecular formula is C70H59N5S2. The highest BCUT2D eigenvalue weighted by Gasteiger charge is 2.48. The van der Waals surface area contributed by atoms with Gasteiger partial charge in [0.1, 0.15) is 18.2 Å². The molecule has 5 aliphatic carbocycles. The molecule has 0 amide bonds. The highest BCUT2D eigenvalue weighted by Crippen LogP contribution is 2.58. The Labute approximate surface area is 458 Å². The van der Waals surface area contributed by atoms with Crippen LogP contribution in [0.3, 0.4) is 0 Å². The zero-order chi connectivity index (χ0) is 50.7. The Morgan fingerprint density at radius 3 is 2.31 bits per heavy atom. The summed E-state index contributed by atoms with van der Waals surface area (Å²) in [5, 5.41) is 11.0. The number of rotatable bonds is 7. The molecule has 5 heterocycles. The number of amidine groups is 1. The predicted octanol–water partition coefficient (Wildman–Crippen LogP) is 17.4. The molecule has 9 aromatic rings. The number of para-hydroxylation sites is 3. The van der Waals surface area contributed by atoms with Crippen LogP contribution in [0.5, 0.6) is 0 Å². The number of nitrogens with one attached hydrogen (secondary N) is 1. The topological polar surface area (TPSA) is 37.5 Å². The molecule has 0 saturated carbocycles. The molecule has 3 aromatic heterocycles. The normalized spacial score (nSPS) is 24.9. The van der Waals surface area contributed by atoms with Gasteiger partial charge in [0.05, 0.1) is 22.2 Å². The molecule has 5 unspecified atom stereocenters. The summed E-state index contributed by atoms with van der Waals surface area (Å²) in [4.78, 5) is 9.90. The average molecular weight is 1030 g/mol. The van der Waals surface area contributed by atoms with Crippen molar-refractivity contribution in [3.63, 3.8) is 0 Å². The largest absolute Gasteiger partial charge is 0.343 e. The van der Waals surface area contributed by atoms with Crippen LogP contribution in [-0.4, -0.2) is 38.3 Å². The lowest BCUT2D eigenvalue weighted by molar-refractivity contribution is 0.258. The molecule has 7 aliphatic rings. The summed E-state index contributed by atoms with van der Waals surface area (Å²) in [6.45, 7) is 0. The zero-order valence-corrected chi connectivity index (χ0v) is 44.9. The van der Waals surface area contributed by atoms with Crippen molar-refractivity contribution in [2.75, 3.05) is 7.05 Å². The van der Waals surface area contributed by atoms with Crippen molar-refractivity contribution in [1.29, 1.82) is 0 Å². The quantitative estimate of drug-likeness (QED) is 0.162. The summed E-state index contributed by atoms with van der Waals surface area (Å²) in [5.74, 6) is 1.99. The number of allylic oxidation sites excluding steroid dienone is 12. The van der Waals surface area contributed by atoms with Gasteiger partial charge in [-0.2, -0.15) is 0 Å². The van der Waals surface area contributed by atoms with E-state index in [1.165, 1.54) is 121 Å². The standard InChI is InChI=1S/C70H59N5S2/c1-73-69(44-22-8-3-9-23-44)71-68(43-20-6-2-7-21-43)72-70(73)59-38-45(48-30-18-32-53-57-39-55-50-28-14-16-34-60(50)74(46-24-10-4-11-25-46)62(55)41-64(57)76-66(48)53)36-37-49(59)52-31-19-33-54-58-40-56-51-29-15-17-35-61(51)75(47-26-12-5-13-27-47)63(56)42-65(58)77-67(52)54/h2,5-7,10,12-22,24-39,41-42,49,52,58-59,67-69,71H,3-4,8-9,11,23,40H2,1H3/t49?,52?,58-,59?,67?,68?,69-/m1/s1. The minimum absolute atomic E-state index is 0.0186. The van der Waals surface area contributed by atoms with Crippen LogP contribution in [0.4, 0.5) is 0 Å². The molecule has 5 nitrogen and oxygen atoms in total. The van der Waals surface area contributed by atoms with Crippen LogP contribution < -0.4 is 5.32 Å². The predicted molar refractivity (Wildman–Crippen MR) is 327 cm³/mol. The van der Waals surface area contributed by atoms with Crippen LogP contribution in [-0.2, 0) is 6.42 Å². The summed E-state index contributed by atoms with van der Waals surface area (Å²) in [7, 11) is 2.32. The first-order valence-electron chi connectivity index (χ1n) is 28.0. The van der Waals surface area contributed by atoms with E-state index in [1.807, 2.05) is 11.3 Å². The molecular weight excluding hydrogens is 975 g/mol. The van der Waals surface area contributed by atoms with Gasteiger partial charge in [0, 0.05) is 77.8 Å². The Kier molecular flexibility index (Phi) is 10.9. The highest BCUT2D eigenvalue weighted by molar-refractivity contribution is 8.04. The van der Waals surface area contributed by atoms with Gasteiger partial charge in [0.2, 0.25) is 0 Å². The van der Waals surface area contributed by atoms with Crippen LogP contribution >= 0.6 is 23.1 Å². The first-order valence-corrected chi connectivity index (χ1v) is 29.7. The van der Waals surface area contributed by atoms with E-state index in [-0.39, 0.29) is 30.1 Å². The third-order valence-corrected chi connectivity index (χ3v) is 20.7. The molecule has 6 aromatic carbocycles. The fourth-order valence-corrected chi connectivity index (χ4v) is 17.3. The van der Waals surface area contributed by atoms with Gasteiger partial charge in [-0.25, -0.2) is 4.99 Å². The van der Waals surface area contributed by atoms with Crippen LogP contribution in [0.1, 0.15) is 67.1 Å². The number of aliphatic imine (C=N–C) groups is 1. The minimum atomic E-state index is -0.161. The van der Waals surface area contributed by atoms with E-state index in [0.29, 0.717) is 11.2 Å². The molecule has 0 radical (unpaired) electrons. The van der Waals surface area contributed by atoms with Gasteiger partial charge in [-0.05, 0) is 138 Å². The first-order chi connectivity index (χ1) is 38.1. The molecule has 7 heteroatoms. The van der Waals surface area contributed by atoms with E-state index in [4.69, 9.17) is 4.99 Å².